The van der Waals surface area contributed by atoms with Crippen molar-refractivity contribution in [1.29, 1.82) is 0 Å². The Hall–Kier alpha value is -2.62. The van der Waals surface area contributed by atoms with Gasteiger partial charge in [-0.3, -0.25) is 0 Å². The van der Waals surface area contributed by atoms with Crippen LogP contribution in [0.5, 0.6) is 5.75 Å². The zero-order valence-corrected chi connectivity index (χ0v) is 18.3. The van der Waals surface area contributed by atoms with E-state index in [0.717, 1.165) is 18.4 Å². The summed E-state index contributed by atoms with van der Waals surface area (Å²) in [6.07, 6.45) is 10.9. The fourth-order valence-electron chi connectivity index (χ4n) is 3.34. The quantitative estimate of drug-likeness (QED) is 0.205. The summed E-state index contributed by atoms with van der Waals surface area (Å²) in [5.41, 5.74) is 1.45. The number of esters is 2. The van der Waals surface area contributed by atoms with E-state index in [1.807, 2.05) is 19.1 Å². The zero-order valence-electron chi connectivity index (χ0n) is 18.3. The van der Waals surface area contributed by atoms with Gasteiger partial charge in [0.2, 0.25) is 0 Å². The SMILES string of the molecule is CCCCCCCCCCCOC(=O)c1ccccc1C(=O)Oc1cccc(C)c1. The lowest BCUT2D eigenvalue weighted by atomic mass is 10.1. The van der Waals surface area contributed by atoms with Crippen molar-refractivity contribution in [3.8, 4) is 5.75 Å². The van der Waals surface area contributed by atoms with Crippen molar-refractivity contribution < 1.29 is 19.1 Å². The number of aryl methyl sites for hydroxylation is 1. The van der Waals surface area contributed by atoms with Crippen LogP contribution < -0.4 is 4.74 Å². The van der Waals surface area contributed by atoms with Crippen molar-refractivity contribution in [2.75, 3.05) is 6.61 Å². The summed E-state index contributed by atoms with van der Waals surface area (Å²) in [6.45, 7) is 4.53. The topological polar surface area (TPSA) is 52.6 Å². The summed E-state index contributed by atoms with van der Waals surface area (Å²) < 4.78 is 10.8. The minimum absolute atomic E-state index is 0.219. The van der Waals surface area contributed by atoms with Crippen molar-refractivity contribution in [1.82, 2.24) is 0 Å². The number of rotatable bonds is 13. The molecule has 0 aliphatic carbocycles. The van der Waals surface area contributed by atoms with E-state index in [-0.39, 0.29) is 11.1 Å². The molecule has 0 atom stereocenters. The van der Waals surface area contributed by atoms with Crippen LogP contribution in [0.25, 0.3) is 0 Å². The third-order valence-electron chi connectivity index (χ3n) is 5.05. The van der Waals surface area contributed by atoms with Crippen molar-refractivity contribution >= 4 is 11.9 Å². The van der Waals surface area contributed by atoms with Crippen LogP contribution >= 0.6 is 0 Å². The first kappa shape index (κ1) is 23.7. The molecule has 2 rings (SSSR count). The van der Waals surface area contributed by atoms with Gasteiger partial charge in [0.15, 0.2) is 0 Å². The first-order chi connectivity index (χ1) is 14.6. The molecule has 0 radical (unpaired) electrons. The second kappa shape index (κ2) is 13.6. The van der Waals surface area contributed by atoms with Gasteiger partial charge in [-0.1, -0.05) is 82.6 Å². The maximum Gasteiger partial charge on any atom is 0.344 e. The summed E-state index contributed by atoms with van der Waals surface area (Å²) in [5.74, 6) is -0.583. The molecule has 30 heavy (non-hydrogen) atoms. The van der Waals surface area contributed by atoms with Crippen molar-refractivity contribution in [3.63, 3.8) is 0 Å². The standard InChI is InChI=1S/C26H34O4/c1-3-4-5-6-7-8-9-10-13-19-29-25(27)23-17-11-12-18-24(23)26(28)30-22-16-14-15-21(2)20-22/h11-12,14-18,20H,3-10,13,19H2,1-2H3. The molecule has 4 nitrogen and oxygen atoms in total. The van der Waals surface area contributed by atoms with E-state index in [9.17, 15) is 9.59 Å². The molecular formula is C26H34O4. The summed E-state index contributed by atoms with van der Waals surface area (Å²) in [5, 5.41) is 0. The number of hydrogen-bond acceptors (Lipinski definition) is 4. The molecule has 2 aromatic carbocycles. The monoisotopic (exact) mass is 410 g/mol. The number of carbonyl (C=O) groups excluding carboxylic acids is 2. The highest BCUT2D eigenvalue weighted by molar-refractivity contribution is 6.03. The van der Waals surface area contributed by atoms with Crippen molar-refractivity contribution in [2.24, 2.45) is 0 Å². The molecule has 0 aliphatic rings. The maximum absolute atomic E-state index is 12.6. The van der Waals surface area contributed by atoms with Gasteiger partial charge >= 0.3 is 11.9 Å². The van der Waals surface area contributed by atoms with Gasteiger partial charge in [0, 0.05) is 0 Å². The molecule has 162 valence electrons. The van der Waals surface area contributed by atoms with Gasteiger partial charge in [0.1, 0.15) is 5.75 Å². The van der Waals surface area contributed by atoms with E-state index in [4.69, 9.17) is 9.47 Å². The molecule has 0 heterocycles. The van der Waals surface area contributed by atoms with E-state index in [2.05, 4.69) is 6.92 Å². The van der Waals surface area contributed by atoms with Crippen LogP contribution in [-0.2, 0) is 4.74 Å². The average molecular weight is 411 g/mol. The van der Waals surface area contributed by atoms with Crippen LogP contribution in [0.2, 0.25) is 0 Å². The van der Waals surface area contributed by atoms with Crippen LogP contribution in [-0.4, -0.2) is 18.5 Å². The lowest BCUT2D eigenvalue weighted by molar-refractivity contribution is 0.0489. The minimum atomic E-state index is -0.559. The minimum Gasteiger partial charge on any atom is -0.462 e. The third-order valence-corrected chi connectivity index (χ3v) is 5.05. The van der Waals surface area contributed by atoms with Gasteiger partial charge in [0.25, 0.3) is 0 Å². The number of hydrogen-bond donors (Lipinski definition) is 0. The lowest BCUT2D eigenvalue weighted by Gasteiger charge is -2.10. The Morgan fingerprint density at radius 3 is 1.97 bits per heavy atom. The Labute approximate surface area is 180 Å². The fraction of sp³-hybridized carbons (Fsp3) is 0.462. The Bertz CT molecular complexity index is 797. The first-order valence-electron chi connectivity index (χ1n) is 11.2. The molecule has 0 fully saturated rings. The van der Waals surface area contributed by atoms with Crippen LogP contribution in [0.15, 0.2) is 48.5 Å². The van der Waals surface area contributed by atoms with E-state index in [1.54, 1.807) is 36.4 Å². The summed E-state index contributed by atoms with van der Waals surface area (Å²) in [6, 6.07) is 13.9. The van der Waals surface area contributed by atoms with Gasteiger partial charge in [-0.25, -0.2) is 9.59 Å². The molecule has 0 aromatic heterocycles. The van der Waals surface area contributed by atoms with Crippen LogP contribution in [0, 0.1) is 6.92 Å². The highest BCUT2D eigenvalue weighted by Crippen LogP contribution is 2.17. The molecule has 0 amide bonds. The predicted molar refractivity (Wildman–Crippen MR) is 120 cm³/mol. The highest BCUT2D eigenvalue weighted by atomic mass is 16.5. The Morgan fingerprint density at radius 1 is 0.733 bits per heavy atom. The van der Waals surface area contributed by atoms with Gasteiger partial charge in [-0.15, -0.1) is 0 Å². The normalized spacial score (nSPS) is 10.6. The molecule has 0 N–H and O–H groups in total. The van der Waals surface area contributed by atoms with E-state index in [1.165, 1.54) is 44.9 Å². The van der Waals surface area contributed by atoms with Crippen molar-refractivity contribution in [3.05, 3.63) is 65.2 Å². The summed E-state index contributed by atoms with van der Waals surface area (Å²) in [4.78, 5) is 25.0. The molecule has 0 spiro atoms. The van der Waals surface area contributed by atoms with Crippen LogP contribution in [0.4, 0.5) is 0 Å². The molecule has 4 heteroatoms. The fourth-order valence-corrected chi connectivity index (χ4v) is 3.34. The zero-order chi connectivity index (χ0) is 21.6. The molecule has 2 aromatic rings. The smallest absolute Gasteiger partial charge is 0.344 e. The van der Waals surface area contributed by atoms with Gasteiger partial charge in [-0.05, 0) is 43.2 Å². The maximum atomic E-state index is 12.6. The number of ether oxygens (including phenoxy) is 2. The van der Waals surface area contributed by atoms with E-state index in [0.29, 0.717) is 12.4 Å². The summed E-state index contributed by atoms with van der Waals surface area (Å²) >= 11 is 0. The molecular weight excluding hydrogens is 376 g/mol. The van der Waals surface area contributed by atoms with Crippen molar-refractivity contribution in [2.45, 2.75) is 71.6 Å². The largest absolute Gasteiger partial charge is 0.462 e. The first-order valence-corrected chi connectivity index (χ1v) is 11.2. The van der Waals surface area contributed by atoms with Gasteiger partial charge < -0.3 is 9.47 Å². The van der Waals surface area contributed by atoms with Gasteiger partial charge in [0.05, 0.1) is 17.7 Å². The Morgan fingerprint density at radius 2 is 1.33 bits per heavy atom. The van der Waals surface area contributed by atoms with E-state index < -0.39 is 11.9 Å². The molecule has 0 saturated carbocycles. The molecule has 0 bridgehead atoms. The number of benzene rings is 2. The van der Waals surface area contributed by atoms with Crippen LogP contribution in [0.1, 0.15) is 91.0 Å². The van der Waals surface area contributed by atoms with Crippen LogP contribution in [0.3, 0.4) is 0 Å². The third kappa shape index (κ3) is 8.40. The second-order valence-electron chi connectivity index (χ2n) is 7.72. The van der Waals surface area contributed by atoms with Gasteiger partial charge in [-0.2, -0.15) is 0 Å². The average Bonchev–Trinajstić information content (AvgIpc) is 2.75. The van der Waals surface area contributed by atoms with E-state index >= 15 is 0 Å². The molecule has 0 aliphatic heterocycles. The Kier molecular flexibility index (Phi) is 10.7. The second-order valence-corrected chi connectivity index (χ2v) is 7.72. The number of unbranched alkanes of at least 4 members (excludes halogenated alkanes) is 8. The Balaban J connectivity index is 1.76. The molecule has 0 unspecified atom stereocenters. The predicted octanol–water partition coefficient (Wildman–Crippen LogP) is 6.90. The highest BCUT2D eigenvalue weighted by Gasteiger charge is 2.19. The molecule has 0 saturated heterocycles. The summed E-state index contributed by atoms with van der Waals surface area (Å²) in [7, 11) is 0. The number of carbonyl (C=O) groups is 2. The lowest BCUT2D eigenvalue weighted by Crippen LogP contribution is -2.16.